The van der Waals surface area contributed by atoms with Crippen LogP contribution in [-0.4, -0.2) is 41.5 Å². The molecule has 10 heteroatoms. The van der Waals surface area contributed by atoms with Crippen LogP contribution in [0.5, 0.6) is 5.75 Å². The smallest absolute Gasteiger partial charge is 0.350 e. The van der Waals surface area contributed by atoms with Crippen LogP contribution in [0.25, 0.3) is 5.76 Å². The molecule has 1 N–H and O–H groups in total. The van der Waals surface area contributed by atoms with Crippen molar-refractivity contribution in [2.45, 2.75) is 32.7 Å². The third-order valence-corrected chi connectivity index (χ3v) is 7.22. The molecule has 1 aromatic heterocycles. The molecule has 0 spiro atoms. The fraction of sp³-hybridized carbons (Fsp3) is 0.259. The van der Waals surface area contributed by atoms with Crippen molar-refractivity contribution >= 4 is 51.5 Å². The van der Waals surface area contributed by atoms with Gasteiger partial charge in [0, 0.05) is 10.6 Å². The Balaban J connectivity index is 1.86. The normalized spacial score (nSPS) is 16.8. The van der Waals surface area contributed by atoms with E-state index in [9.17, 15) is 19.5 Å². The number of aliphatic hydroxyl groups is 1. The molecular weight excluding hydrogens is 516 g/mol. The minimum Gasteiger partial charge on any atom is -0.507 e. The number of carbonyl (C=O) groups excluding carboxylic acids is 3. The number of ketones is 1. The van der Waals surface area contributed by atoms with Gasteiger partial charge < -0.3 is 14.6 Å². The number of thiazole rings is 1. The van der Waals surface area contributed by atoms with E-state index in [-0.39, 0.29) is 21.3 Å². The van der Waals surface area contributed by atoms with Gasteiger partial charge in [0.15, 0.2) is 5.13 Å². The average molecular weight is 541 g/mol. The van der Waals surface area contributed by atoms with E-state index in [4.69, 9.17) is 21.1 Å². The average Bonchev–Trinajstić information content (AvgIpc) is 3.40. The number of unbranched alkanes of at least 4 members (excludes halogenated alkanes) is 1. The topological polar surface area (TPSA) is 106 Å². The molecule has 1 atom stereocenters. The zero-order valence-electron chi connectivity index (χ0n) is 20.5. The number of nitrogens with zero attached hydrogens (tertiary/aromatic N) is 2. The molecule has 0 bridgehead atoms. The van der Waals surface area contributed by atoms with Crippen LogP contribution in [-0.2, 0) is 14.3 Å². The Morgan fingerprint density at radius 3 is 2.65 bits per heavy atom. The third kappa shape index (κ3) is 5.23. The molecule has 1 unspecified atom stereocenters. The maximum atomic E-state index is 13.4. The van der Waals surface area contributed by atoms with E-state index < -0.39 is 23.7 Å². The number of rotatable bonds is 8. The Labute approximate surface area is 223 Å². The lowest BCUT2D eigenvalue weighted by atomic mass is 9.95. The number of halogens is 1. The van der Waals surface area contributed by atoms with Gasteiger partial charge in [-0.05, 0) is 43.2 Å². The highest BCUT2D eigenvalue weighted by Gasteiger charge is 2.48. The number of aliphatic hydroxyl groups excluding tert-OH is 1. The number of hydrogen-bond acceptors (Lipinski definition) is 8. The molecule has 4 rings (SSSR count). The first-order chi connectivity index (χ1) is 17.8. The highest BCUT2D eigenvalue weighted by Crippen LogP contribution is 2.44. The molecule has 192 valence electrons. The van der Waals surface area contributed by atoms with Crippen molar-refractivity contribution in [2.75, 3.05) is 18.6 Å². The number of hydrogen-bond donors (Lipinski definition) is 1. The Morgan fingerprint density at radius 1 is 1.19 bits per heavy atom. The van der Waals surface area contributed by atoms with Gasteiger partial charge in [0.1, 0.15) is 16.4 Å². The molecular formula is C27H25ClN2O6S. The molecule has 0 saturated carbocycles. The second-order valence-corrected chi connectivity index (χ2v) is 9.77. The number of aryl methyl sites for hydroxylation is 1. The molecule has 2 aromatic carbocycles. The van der Waals surface area contributed by atoms with Crippen LogP contribution in [0.15, 0.2) is 54.1 Å². The van der Waals surface area contributed by atoms with E-state index in [0.29, 0.717) is 34.2 Å². The van der Waals surface area contributed by atoms with Gasteiger partial charge in [-0.25, -0.2) is 9.78 Å². The number of methoxy groups -OCH3 is 1. The fourth-order valence-corrected chi connectivity index (χ4v) is 5.22. The summed E-state index contributed by atoms with van der Waals surface area (Å²) in [7, 11) is 1.25. The maximum Gasteiger partial charge on any atom is 0.350 e. The number of ether oxygens (including phenoxy) is 2. The predicted molar refractivity (Wildman–Crippen MR) is 141 cm³/mol. The first-order valence-corrected chi connectivity index (χ1v) is 12.8. The van der Waals surface area contributed by atoms with E-state index in [1.165, 1.54) is 12.0 Å². The largest absolute Gasteiger partial charge is 0.507 e. The molecule has 0 radical (unpaired) electrons. The van der Waals surface area contributed by atoms with Gasteiger partial charge in [0.2, 0.25) is 0 Å². The van der Waals surface area contributed by atoms with Crippen molar-refractivity contribution < 1.29 is 29.0 Å². The lowest BCUT2D eigenvalue weighted by molar-refractivity contribution is -0.132. The van der Waals surface area contributed by atoms with Crippen molar-refractivity contribution in [3.05, 3.63) is 80.8 Å². The number of esters is 1. The Hall–Kier alpha value is -3.69. The van der Waals surface area contributed by atoms with Crippen molar-refractivity contribution in [1.82, 2.24) is 4.98 Å². The lowest BCUT2D eigenvalue weighted by Crippen LogP contribution is -2.29. The maximum absolute atomic E-state index is 13.4. The van der Waals surface area contributed by atoms with Crippen LogP contribution < -0.4 is 9.64 Å². The molecule has 2 heterocycles. The third-order valence-electron chi connectivity index (χ3n) is 5.85. The molecule has 1 aliphatic rings. The van der Waals surface area contributed by atoms with Crippen LogP contribution in [0.4, 0.5) is 5.13 Å². The van der Waals surface area contributed by atoms with Crippen molar-refractivity contribution in [3.63, 3.8) is 0 Å². The van der Waals surface area contributed by atoms with Gasteiger partial charge in [-0.3, -0.25) is 14.5 Å². The van der Waals surface area contributed by atoms with E-state index in [0.717, 1.165) is 24.2 Å². The van der Waals surface area contributed by atoms with E-state index in [1.54, 1.807) is 55.5 Å². The summed E-state index contributed by atoms with van der Waals surface area (Å²) in [5.74, 6) is -2.19. The fourth-order valence-electron chi connectivity index (χ4n) is 4.01. The monoisotopic (exact) mass is 540 g/mol. The summed E-state index contributed by atoms with van der Waals surface area (Å²) >= 11 is 7.18. The Bertz CT molecular complexity index is 1400. The summed E-state index contributed by atoms with van der Waals surface area (Å²) in [5, 5.41) is 11.9. The van der Waals surface area contributed by atoms with Gasteiger partial charge in [-0.2, -0.15) is 0 Å². The van der Waals surface area contributed by atoms with Crippen LogP contribution in [0, 0.1) is 6.92 Å². The first kappa shape index (κ1) is 26.4. The molecule has 1 fully saturated rings. The van der Waals surface area contributed by atoms with Gasteiger partial charge in [-0.15, -0.1) is 0 Å². The number of aromatic nitrogens is 1. The summed E-state index contributed by atoms with van der Waals surface area (Å²) in [5.41, 5.74) is 1.06. The van der Waals surface area contributed by atoms with Crippen molar-refractivity contribution in [2.24, 2.45) is 0 Å². The lowest BCUT2D eigenvalue weighted by Gasteiger charge is -2.23. The van der Waals surface area contributed by atoms with E-state index >= 15 is 0 Å². The van der Waals surface area contributed by atoms with Crippen LogP contribution in [0.2, 0.25) is 5.02 Å². The summed E-state index contributed by atoms with van der Waals surface area (Å²) < 4.78 is 10.6. The zero-order chi connectivity index (χ0) is 26.7. The summed E-state index contributed by atoms with van der Waals surface area (Å²) in [6.07, 6.45) is 1.84. The minimum atomic E-state index is -1.03. The molecule has 1 amide bonds. The number of carbonyl (C=O) groups is 3. The second-order valence-electron chi connectivity index (χ2n) is 8.36. The standard InChI is InChI=1S/C27H25ClN2O6S/c1-4-5-12-36-19-11-7-9-17(14-19)22(31)20-21(16-8-6-10-18(28)13-16)30(25(33)23(20)32)27-29-15(2)24(37-27)26(34)35-3/h6-11,13-14,21,31H,4-5,12H2,1-3H3. The molecule has 3 aromatic rings. The van der Waals surface area contributed by atoms with E-state index in [1.807, 2.05) is 0 Å². The molecule has 0 aliphatic carbocycles. The molecule has 37 heavy (non-hydrogen) atoms. The van der Waals surface area contributed by atoms with Gasteiger partial charge in [0.25, 0.3) is 5.78 Å². The SMILES string of the molecule is CCCCOc1cccc(C(O)=C2C(=O)C(=O)N(c3nc(C)c(C(=O)OC)s3)C2c2cccc(Cl)c2)c1. The summed E-state index contributed by atoms with van der Waals surface area (Å²) in [6.45, 7) is 4.18. The van der Waals surface area contributed by atoms with Crippen LogP contribution in [0.3, 0.4) is 0 Å². The van der Waals surface area contributed by atoms with Crippen LogP contribution in [0.1, 0.15) is 52.3 Å². The summed E-state index contributed by atoms with van der Waals surface area (Å²) in [4.78, 5) is 44.7. The number of amides is 1. The minimum absolute atomic E-state index is 0.120. The Morgan fingerprint density at radius 2 is 1.95 bits per heavy atom. The van der Waals surface area contributed by atoms with Gasteiger partial charge in [-0.1, -0.05) is 60.5 Å². The van der Waals surface area contributed by atoms with Gasteiger partial charge in [0.05, 0.1) is 31.0 Å². The molecule has 1 saturated heterocycles. The number of anilines is 1. The van der Waals surface area contributed by atoms with E-state index in [2.05, 4.69) is 11.9 Å². The quantitative estimate of drug-likeness (QED) is 0.128. The number of Topliss-reactive ketones (excluding diaryl/α,β-unsaturated/α-hetero) is 1. The highest BCUT2D eigenvalue weighted by molar-refractivity contribution is 7.17. The van der Waals surface area contributed by atoms with Crippen molar-refractivity contribution in [3.8, 4) is 5.75 Å². The predicted octanol–water partition coefficient (Wildman–Crippen LogP) is 5.70. The van der Waals surface area contributed by atoms with Gasteiger partial charge >= 0.3 is 11.9 Å². The summed E-state index contributed by atoms with van der Waals surface area (Å²) in [6, 6.07) is 12.4. The first-order valence-electron chi connectivity index (χ1n) is 11.6. The second kappa shape index (κ2) is 11.1. The molecule has 8 nitrogen and oxygen atoms in total. The Kier molecular flexibility index (Phi) is 7.94. The highest BCUT2D eigenvalue weighted by atomic mass is 35.5. The number of benzene rings is 2. The van der Waals surface area contributed by atoms with Crippen LogP contribution >= 0.6 is 22.9 Å². The van der Waals surface area contributed by atoms with Crippen molar-refractivity contribution in [1.29, 1.82) is 0 Å². The zero-order valence-corrected chi connectivity index (χ0v) is 22.1. The molecule has 1 aliphatic heterocycles.